The normalized spacial score (nSPS) is 15.4. The number of hydrogen-bond donors (Lipinski definition) is 2. The monoisotopic (exact) mass is 252 g/mol. The molecule has 0 saturated carbocycles. The van der Waals surface area contributed by atoms with E-state index in [2.05, 4.69) is 17.3 Å². The highest BCUT2D eigenvalue weighted by atomic mass is 16.5. The molecular weight excluding hydrogens is 232 g/mol. The molecule has 1 saturated heterocycles. The Kier molecular flexibility index (Phi) is 3.86. The highest BCUT2D eigenvalue weighted by Crippen LogP contribution is 2.29. The Morgan fingerprint density at radius 2 is 2.28 bits per heavy atom. The zero-order valence-corrected chi connectivity index (χ0v) is 10.9. The average Bonchev–Trinajstić information content (AvgIpc) is 2.57. The number of nitrogens with one attached hydrogen (secondary N) is 1. The van der Waals surface area contributed by atoms with E-state index in [-0.39, 0.29) is 11.9 Å². The molecule has 1 aliphatic rings. The van der Waals surface area contributed by atoms with Crippen LogP contribution in [0.3, 0.4) is 0 Å². The zero-order chi connectivity index (χ0) is 13.1. The Hall–Kier alpha value is -1.56. The van der Waals surface area contributed by atoms with Gasteiger partial charge >= 0.3 is 5.97 Å². The summed E-state index contributed by atoms with van der Waals surface area (Å²) in [4.78, 5) is 11.9. The van der Waals surface area contributed by atoms with Crippen molar-refractivity contribution in [3.63, 3.8) is 0 Å². The van der Waals surface area contributed by atoms with E-state index in [1.807, 2.05) is 0 Å². The molecule has 18 heavy (non-hydrogen) atoms. The highest BCUT2D eigenvalue weighted by Gasteiger charge is 2.31. The zero-order valence-electron chi connectivity index (χ0n) is 10.9. The van der Waals surface area contributed by atoms with Gasteiger partial charge in [-0.25, -0.2) is 9.48 Å². The minimum absolute atomic E-state index is 0.273. The predicted molar refractivity (Wildman–Crippen MR) is 68.5 cm³/mol. The van der Waals surface area contributed by atoms with Crippen LogP contribution in [0.2, 0.25) is 0 Å². The van der Waals surface area contributed by atoms with Crippen LogP contribution in [0.15, 0.2) is 0 Å². The van der Waals surface area contributed by atoms with Crippen molar-refractivity contribution >= 4 is 11.8 Å². The van der Waals surface area contributed by atoms with Crippen molar-refractivity contribution in [2.45, 2.75) is 32.7 Å². The van der Waals surface area contributed by atoms with Crippen molar-refractivity contribution in [3.8, 4) is 0 Å². The summed E-state index contributed by atoms with van der Waals surface area (Å²) in [6.07, 6.45) is 0.927. The smallest absolute Gasteiger partial charge is 0.359 e. The minimum Gasteiger partial charge on any atom is -0.461 e. The van der Waals surface area contributed by atoms with Crippen molar-refractivity contribution in [3.05, 3.63) is 11.3 Å². The third-order valence-corrected chi connectivity index (χ3v) is 3.12. The second-order valence-electron chi connectivity index (χ2n) is 4.45. The number of nitrogens with zero attached hydrogens (tertiary/aromatic N) is 2. The largest absolute Gasteiger partial charge is 0.461 e. The molecule has 3 N–H and O–H groups in total. The van der Waals surface area contributed by atoms with Crippen LogP contribution >= 0.6 is 0 Å². The molecule has 0 atom stereocenters. The lowest BCUT2D eigenvalue weighted by molar-refractivity contribution is 0.0516. The number of hydrogen-bond acceptors (Lipinski definition) is 5. The summed E-state index contributed by atoms with van der Waals surface area (Å²) in [6, 6.07) is 0. The summed E-state index contributed by atoms with van der Waals surface area (Å²) < 4.78 is 6.75. The molecule has 1 aliphatic heterocycles. The molecule has 0 aliphatic carbocycles. The van der Waals surface area contributed by atoms with E-state index >= 15 is 0 Å². The third kappa shape index (κ3) is 2.20. The maximum absolute atomic E-state index is 11.9. The average molecular weight is 252 g/mol. The topological polar surface area (TPSA) is 82.2 Å². The minimum atomic E-state index is -0.374. The maximum atomic E-state index is 11.9. The van der Waals surface area contributed by atoms with Gasteiger partial charge in [0.25, 0.3) is 0 Å². The summed E-state index contributed by atoms with van der Waals surface area (Å²) in [5.41, 5.74) is 7.33. The summed E-state index contributed by atoms with van der Waals surface area (Å²) in [7, 11) is 0. The molecule has 0 bridgehead atoms. The van der Waals surface area contributed by atoms with Gasteiger partial charge in [-0.3, -0.25) is 0 Å². The van der Waals surface area contributed by atoms with E-state index in [4.69, 9.17) is 10.5 Å². The fourth-order valence-corrected chi connectivity index (χ4v) is 2.12. The lowest BCUT2D eigenvalue weighted by Gasteiger charge is -2.27. The molecule has 6 heteroatoms. The molecule has 0 spiro atoms. The van der Waals surface area contributed by atoms with Gasteiger partial charge in [0, 0.05) is 31.1 Å². The third-order valence-electron chi connectivity index (χ3n) is 3.12. The molecule has 0 aromatic carbocycles. The maximum Gasteiger partial charge on any atom is 0.359 e. The molecule has 0 unspecified atom stereocenters. The van der Waals surface area contributed by atoms with Crippen LogP contribution < -0.4 is 11.1 Å². The number of aryl methyl sites for hydroxylation is 1. The number of aromatic nitrogens is 2. The standard InChI is InChI=1S/C12H20N4O2/c1-3-5-16-11(13)9(8-6-14-7-8)10(15-16)12(17)18-4-2/h8,14H,3-7,13H2,1-2H3. The number of ether oxygens (including phenoxy) is 1. The summed E-state index contributed by atoms with van der Waals surface area (Å²) in [5.74, 6) is 0.502. The predicted octanol–water partition coefficient (Wildman–Crippen LogP) is 0.739. The van der Waals surface area contributed by atoms with Gasteiger partial charge in [0.2, 0.25) is 0 Å². The van der Waals surface area contributed by atoms with E-state index in [1.165, 1.54) is 0 Å². The van der Waals surface area contributed by atoms with Crippen molar-refractivity contribution < 1.29 is 9.53 Å². The van der Waals surface area contributed by atoms with Crippen molar-refractivity contribution in [1.29, 1.82) is 0 Å². The van der Waals surface area contributed by atoms with E-state index in [1.54, 1.807) is 11.6 Å². The molecule has 1 fully saturated rings. The van der Waals surface area contributed by atoms with Gasteiger partial charge in [0.1, 0.15) is 5.82 Å². The number of rotatable bonds is 5. The summed E-state index contributed by atoms with van der Waals surface area (Å²) in [6.45, 7) is 6.59. The molecule has 0 amide bonds. The van der Waals surface area contributed by atoms with E-state index in [9.17, 15) is 4.79 Å². The van der Waals surface area contributed by atoms with E-state index in [0.29, 0.717) is 18.1 Å². The molecule has 2 rings (SSSR count). The molecule has 1 aromatic heterocycles. The van der Waals surface area contributed by atoms with Crippen LogP contribution in [-0.4, -0.2) is 35.4 Å². The second kappa shape index (κ2) is 5.39. The number of nitrogens with two attached hydrogens (primary N) is 1. The lowest BCUT2D eigenvalue weighted by atomic mass is 9.93. The van der Waals surface area contributed by atoms with Gasteiger partial charge in [-0.05, 0) is 13.3 Å². The molecule has 1 aromatic rings. The van der Waals surface area contributed by atoms with Crippen LogP contribution in [0.5, 0.6) is 0 Å². The fraction of sp³-hybridized carbons (Fsp3) is 0.667. The quantitative estimate of drug-likeness (QED) is 0.755. The second-order valence-corrected chi connectivity index (χ2v) is 4.45. The van der Waals surface area contributed by atoms with Gasteiger partial charge in [-0.2, -0.15) is 5.10 Å². The SMILES string of the molecule is CCCn1nc(C(=O)OCC)c(C2CNC2)c1N. The number of carbonyl (C=O) groups excluding carboxylic acids is 1. The molecule has 6 nitrogen and oxygen atoms in total. The Morgan fingerprint density at radius 3 is 2.78 bits per heavy atom. The van der Waals surface area contributed by atoms with Crippen LogP contribution in [0.4, 0.5) is 5.82 Å². The van der Waals surface area contributed by atoms with Crippen molar-refractivity contribution in [2.24, 2.45) is 0 Å². The molecule has 100 valence electrons. The Bertz CT molecular complexity index is 438. The first-order valence-corrected chi connectivity index (χ1v) is 6.43. The van der Waals surface area contributed by atoms with Gasteiger partial charge in [0.15, 0.2) is 5.69 Å². The Morgan fingerprint density at radius 1 is 1.56 bits per heavy atom. The highest BCUT2D eigenvalue weighted by molar-refractivity contribution is 5.90. The van der Waals surface area contributed by atoms with Gasteiger partial charge in [0.05, 0.1) is 6.61 Å². The first-order chi connectivity index (χ1) is 8.69. The first kappa shape index (κ1) is 12.9. The van der Waals surface area contributed by atoms with Crippen LogP contribution in [0.25, 0.3) is 0 Å². The molecule has 0 radical (unpaired) electrons. The number of anilines is 1. The van der Waals surface area contributed by atoms with Crippen LogP contribution in [-0.2, 0) is 11.3 Å². The summed E-state index contributed by atoms with van der Waals surface area (Å²) >= 11 is 0. The number of esters is 1. The summed E-state index contributed by atoms with van der Waals surface area (Å²) in [5, 5.41) is 7.49. The Labute approximate surface area is 106 Å². The van der Waals surface area contributed by atoms with E-state index in [0.717, 1.165) is 31.6 Å². The van der Waals surface area contributed by atoms with Crippen molar-refractivity contribution in [2.75, 3.05) is 25.4 Å². The van der Waals surface area contributed by atoms with Gasteiger partial charge in [-0.15, -0.1) is 0 Å². The number of nitrogen functional groups attached to an aromatic ring is 1. The molecule has 2 heterocycles. The van der Waals surface area contributed by atoms with Crippen LogP contribution in [0.1, 0.15) is 42.2 Å². The van der Waals surface area contributed by atoms with Gasteiger partial charge < -0.3 is 15.8 Å². The van der Waals surface area contributed by atoms with Crippen LogP contribution in [0, 0.1) is 0 Å². The van der Waals surface area contributed by atoms with Gasteiger partial charge in [-0.1, -0.05) is 6.92 Å². The first-order valence-electron chi connectivity index (χ1n) is 6.43. The lowest BCUT2D eigenvalue weighted by Crippen LogP contribution is -2.40. The fourth-order valence-electron chi connectivity index (χ4n) is 2.12. The Balaban J connectivity index is 2.35. The molecular formula is C12H20N4O2. The van der Waals surface area contributed by atoms with E-state index < -0.39 is 0 Å². The number of carbonyl (C=O) groups is 1. The van der Waals surface area contributed by atoms with Crippen molar-refractivity contribution in [1.82, 2.24) is 15.1 Å².